The smallest absolute Gasteiger partial charge is 0.0318 e. The van der Waals surface area contributed by atoms with Crippen LogP contribution in [0.5, 0.6) is 0 Å². The SMILES string of the molecule is CC1CN(Cc2cc(N)ccc2Br)CC1N(C)C. The molecule has 1 aliphatic rings. The van der Waals surface area contributed by atoms with Gasteiger partial charge in [-0.2, -0.15) is 0 Å². The van der Waals surface area contributed by atoms with E-state index in [1.54, 1.807) is 0 Å². The predicted molar refractivity (Wildman–Crippen MR) is 80.5 cm³/mol. The number of rotatable bonds is 3. The Morgan fingerprint density at radius 3 is 2.72 bits per heavy atom. The van der Waals surface area contributed by atoms with E-state index in [1.807, 2.05) is 12.1 Å². The van der Waals surface area contributed by atoms with Crippen molar-refractivity contribution in [2.45, 2.75) is 19.5 Å². The van der Waals surface area contributed by atoms with Crippen LogP contribution in [-0.4, -0.2) is 43.0 Å². The molecule has 0 bridgehead atoms. The maximum atomic E-state index is 5.86. The van der Waals surface area contributed by atoms with Crippen LogP contribution in [0.1, 0.15) is 12.5 Å². The second kappa shape index (κ2) is 5.59. The number of nitrogens with two attached hydrogens (primary N) is 1. The third-order valence-corrected chi connectivity index (χ3v) is 4.55. The highest BCUT2D eigenvalue weighted by Gasteiger charge is 2.30. The van der Waals surface area contributed by atoms with Gasteiger partial charge >= 0.3 is 0 Å². The summed E-state index contributed by atoms with van der Waals surface area (Å²) in [5, 5.41) is 0. The van der Waals surface area contributed by atoms with Gasteiger partial charge in [-0.15, -0.1) is 0 Å². The van der Waals surface area contributed by atoms with Gasteiger partial charge < -0.3 is 10.6 Å². The second-order valence-corrected chi connectivity index (χ2v) is 6.41. The minimum absolute atomic E-state index is 0.657. The molecule has 1 aromatic carbocycles. The molecule has 2 rings (SSSR count). The number of hydrogen-bond acceptors (Lipinski definition) is 3. The zero-order chi connectivity index (χ0) is 13.3. The first-order chi connectivity index (χ1) is 8.47. The number of halogens is 1. The van der Waals surface area contributed by atoms with E-state index in [9.17, 15) is 0 Å². The molecule has 3 nitrogen and oxygen atoms in total. The van der Waals surface area contributed by atoms with Gasteiger partial charge in [0.05, 0.1) is 0 Å². The van der Waals surface area contributed by atoms with Crippen LogP contribution in [0.3, 0.4) is 0 Å². The van der Waals surface area contributed by atoms with E-state index in [0.29, 0.717) is 6.04 Å². The monoisotopic (exact) mass is 311 g/mol. The van der Waals surface area contributed by atoms with Gasteiger partial charge in [0, 0.05) is 35.8 Å². The minimum Gasteiger partial charge on any atom is -0.399 e. The molecule has 0 aliphatic carbocycles. The summed E-state index contributed by atoms with van der Waals surface area (Å²) in [6.45, 7) is 5.60. The highest BCUT2D eigenvalue weighted by molar-refractivity contribution is 9.10. The van der Waals surface area contributed by atoms with Crippen LogP contribution in [0.15, 0.2) is 22.7 Å². The Bertz CT molecular complexity index is 420. The third kappa shape index (κ3) is 3.05. The molecule has 100 valence electrons. The van der Waals surface area contributed by atoms with Gasteiger partial charge in [-0.25, -0.2) is 0 Å². The molecule has 0 spiro atoms. The summed E-state index contributed by atoms with van der Waals surface area (Å²) in [7, 11) is 4.34. The average molecular weight is 312 g/mol. The van der Waals surface area contributed by atoms with Crippen LogP contribution in [0, 0.1) is 5.92 Å². The molecule has 0 amide bonds. The normalized spacial score (nSPS) is 24.9. The fourth-order valence-corrected chi connectivity index (χ4v) is 3.18. The Kier molecular flexibility index (Phi) is 4.30. The van der Waals surface area contributed by atoms with Crippen LogP contribution in [-0.2, 0) is 6.54 Å². The number of anilines is 1. The van der Waals surface area contributed by atoms with E-state index in [1.165, 1.54) is 5.56 Å². The lowest BCUT2D eigenvalue weighted by Gasteiger charge is -2.22. The molecule has 0 saturated carbocycles. The lowest BCUT2D eigenvalue weighted by atomic mass is 10.1. The Morgan fingerprint density at radius 2 is 2.11 bits per heavy atom. The molecule has 2 N–H and O–H groups in total. The van der Waals surface area contributed by atoms with Crippen molar-refractivity contribution in [1.82, 2.24) is 9.80 Å². The molecule has 18 heavy (non-hydrogen) atoms. The highest BCUT2D eigenvalue weighted by atomic mass is 79.9. The zero-order valence-corrected chi connectivity index (χ0v) is 12.9. The van der Waals surface area contributed by atoms with E-state index in [-0.39, 0.29) is 0 Å². The maximum absolute atomic E-state index is 5.86. The number of benzene rings is 1. The lowest BCUT2D eigenvalue weighted by molar-refractivity contribution is 0.250. The summed E-state index contributed by atoms with van der Waals surface area (Å²) >= 11 is 3.60. The maximum Gasteiger partial charge on any atom is 0.0318 e. The first-order valence-corrected chi connectivity index (χ1v) is 7.19. The van der Waals surface area contributed by atoms with Crippen LogP contribution >= 0.6 is 15.9 Å². The quantitative estimate of drug-likeness (QED) is 0.870. The Balaban J connectivity index is 2.05. The van der Waals surface area contributed by atoms with Crippen molar-refractivity contribution in [2.75, 3.05) is 32.9 Å². The van der Waals surface area contributed by atoms with Crippen LogP contribution in [0.2, 0.25) is 0 Å². The fraction of sp³-hybridized carbons (Fsp3) is 0.571. The Morgan fingerprint density at radius 1 is 1.39 bits per heavy atom. The van der Waals surface area contributed by atoms with E-state index in [4.69, 9.17) is 5.73 Å². The van der Waals surface area contributed by atoms with Crippen molar-refractivity contribution in [3.05, 3.63) is 28.2 Å². The molecule has 2 atom stereocenters. The van der Waals surface area contributed by atoms with Gasteiger partial charge in [-0.3, -0.25) is 4.90 Å². The number of likely N-dealkylation sites (tertiary alicyclic amines) is 1. The molecular formula is C14H22BrN3. The Hall–Kier alpha value is -0.580. The molecule has 0 aromatic heterocycles. The first-order valence-electron chi connectivity index (χ1n) is 6.40. The van der Waals surface area contributed by atoms with Gasteiger partial charge in [-0.05, 0) is 43.8 Å². The van der Waals surface area contributed by atoms with Gasteiger partial charge in [0.1, 0.15) is 0 Å². The molecule has 4 heteroatoms. The van der Waals surface area contributed by atoms with Crippen LogP contribution in [0.25, 0.3) is 0 Å². The number of likely N-dealkylation sites (N-methyl/N-ethyl adjacent to an activating group) is 1. The number of nitrogens with zero attached hydrogens (tertiary/aromatic N) is 2. The molecular weight excluding hydrogens is 290 g/mol. The largest absolute Gasteiger partial charge is 0.399 e. The number of hydrogen-bond donors (Lipinski definition) is 1. The summed E-state index contributed by atoms with van der Waals surface area (Å²) in [5.41, 5.74) is 7.97. The predicted octanol–water partition coefficient (Wildman–Crippen LogP) is 2.41. The van der Waals surface area contributed by atoms with Crippen molar-refractivity contribution < 1.29 is 0 Å². The summed E-state index contributed by atoms with van der Waals surface area (Å²) in [6.07, 6.45) is 0. The Labute approximate surface area is 118 Å². The van der Waals surface area contributed by atoms with E-state index in [2.05, 4.69) is 52.8 Å². The van der Waals surface area contributed by atoms with Crippen molar-refractivity contribution in [3.8, 4) is 0 Å². The van der Waals surface area contributed by atoms with Crippen molar-refractivity contribution in [2.24, 2.45) is 5.92 Å². The topological polar surface area (TPSA) is 32.5 Å². The first kappa shape index (κ1) is 13.8. The van der Waals surface area contributed by atoms with Gasteiger partial charge in [0.15, 0.2) is 0 Å². The molecule has 2 unspecified atom stereocenters. The minimum atomic E-state index is 0.657. The van der Waals surface area contributed by atoms with Gasteiger partial charge in [-0.1, -0.05) is 22.9 Å². The van der Waals surface area contributed by atoms with Crippen molar-refractivity contribution in [1.29, 1.82) is 0 Å². The molecule has 1 fully saturated rings. The van der Waals surface area contributed by atoms with Crippen LogP contribution in [0.4, 0.5) is 5.69 Å². The van der Waals surface area contributed by atoms with E-state index < -0.39 is 0 Å². The summed E-state index contributed by atoms with van der Waals surface area (Å²) in [6, 6.07) is 6.69. The van der Waals surface area contributed by atoms with Crippen LogP contribution < -0.4 is 5.73 Å². The molecule has 1 aromatic rings. The van der Waals surface area contributed by atoms with E-state index >= 15 is 0 Å². The van der Waals surface area contributed by atoms with E-state index in [0.717, 1.165) is 35.7 Å². The molecule has 1 aliphatic heterocycles. The van der Waals surface area contributed by atoms with Gasteiger partial charge in [0.2, 0.25) is 0 Å². The number of nitrogen functional groups attached to an aromatic ring is 1. The third-order valence-electron chi connectivity index (χ3n) is 3.78. The van der Waals surface area contributed by atoms with Gasteiger partial charge in [0.25, 0.3) is 0 Å². The lowest BCUT2D eigenvalue weighted by Crippen LogP contribution is -2.34. The highest BCUT2D eigenvalue weighted by Crippen LogP contribution is 2.25. The zero-order valence-electron chi connectivity index (χ0n) is 11.4. The standard InChI is InChI=1S/C14H22BrN3/c1-10-7-18(9-14(10)17(2)3)8-11-6-12(16)4-5-13(11)15/h4-6,10,14H,7-9,16H2,1-3H3. The molecule has 1 saturated heterocycles. The van der Waals surface area contributed by atoms with Crippen molar-refractivity contribution >= 4 is 21.6 Å². The molecule has 1 heterocycles. The summed E-state index contributed by atoms with van der Waals surface area (Å²) in [5.74, 6) is 0.722. The molecule has 0 radical (unpaired) electrons. The summed E-state index contributed by atoms with van der Waals surface area (Å²) < 4.78 is 1.15. The average Bonchev–Trinajstić information content (AvgIpc) is 2.65. The van der Waals surface area contributed by atoms with Crippen molar-refractivity contribution in [3.63, 3.8) is 0 Å². The second-order valence-electron chi connectivity index (χ2n) is 5.55. The summed E-state index contributed by atoms with van der Waals surface area (Å²) in [4.78, 5) is 4.84. The fourth-order valence-electron chi connectivity index (χ4n) is 2.81.